The molecular formula is C20H32O2. The number of rotatable bonds is 7. The van der Waals surface area contributed by atoms with Gasteiger partial charge in [0.05, 0.1) is 0 Å². The second kappa shape index (κ2) is 7.30. The molecule has 0 bridgehead atoms. The van der Waals surface area contributed by atoms with Crippen molar-refractivity contribution in [1.82, 2.24) is 0 Å². The van der Waals surface area contributed by atoms with Gasteiger partial charge < -0.3 is 4.74 Å². The van der Waals surface area contributed by atoms with Crippen molar-refractivity contribution in [3.8, 4) is 5.75 Å². The molecule has 0 atom stereocenters. The molecule has 1 aromatic rings. The summed E-state index contributed by atoms with van der Waals surface area (Å²) in [5, 5.41) is 0. The highest BCUT2D eigenvalue weighted by molar-refractivity contribution is 5.73. The fourth-order valence-corrected chi connectivity index (χ4v) is 2.34. The van der Waals surface area contributed by atoms with Crippen LogP contribution in [0.4, 0.5) is 0 Å². The predicted molar refractivity (Wildman–Crippen MR) is 93.6 cm³/mol. The van der Waals surface area contributed by atoms with E-state index in [-0.39, 0.29) is 16.8 Å². The van der Waals surface area contributed by atoms with E-state index in [2.05, 4.69) is 53.7 Å². The van der Waals surface area contributed by atoms with Gasteiger partial charge in [-0.2, -0.15) is 0 Å². The van der Waals surface area contributed by atoms with E-state index in [4.69, 9.17) is 4.74 Å². The molecule has 2 heteroatoms. The first-order valence-electron chi connectivity index (χ1n) is 8.53. The Morgan fingerprint density at radius 3 is 2.09 bits per heavy atom. The van der Waals surface area contributed by atoms with Crippen LogP contribution in [-0.4, -0.2) is 5.97 Å². The standard InChI is InChI=1S/C20H32O2/c1-8-11-18(21)22-17-13-12-15(19(4,5)9-2)14-16(17)20(6,7)10-3/h12-14H,8-11H2,1-7H3. The summed E-state index contributed by atoms with van der Waals surface area (Å²) in [6.45, 7) is 15.3. The van der Waals surface area contributed by atoms with Crippen molar-refractivity contribution >= 4 is 5.97 Å². The van der Waals surface area contributed by atoms with Crippen molar-refractivity contribution in [2.45, 2.75) is 85.0 Å². The molecule has 0 aromatic heterocycles. The van der Waals surface area contributed by atoms with Crippen LogP contribution >= 0.6 is 0 Å². The molecule has 124 valence electrons. The predicted octanol–water partition coefficient (Wildman–Crippen LogP) is 5.77. The van der Waals surface area contributed by atoms with Gasteiger partial charge in [0, 0.05) is 12.0 Å². The van der Waals surface area contributed by atoms with Gasteiger partial charge in [-0.1, -0.05) is 60.6 Å². The fourth-order valence-electron chi connectivity index (χ4n) is 2.34. The lowest BCUT2D eigenvalue weighted by atomic mass is 9.76. The Balaban J connectivity index is 3.30. The number of ether oxygens (including phenoxy) is 1. The summed E-state index contributed by atoms with van der Waals surface area (Å²) < 4.78 is 5.64. The van der Waals surface area contributed by atoms with Gasteiger partial charge in [-0.15, -0.1) is 0 Å². The third kappa shape index (κ3) is 4.34. The summed E-state index contributed by atoms with van der Waals surface area (Å²) in [5.41, 5.74) is 2.56. The maximum atomic E-state index is 11.9. The average molecular weight is 304 g/mol. The molecule has 1 rings (SSSR count). The third-order valence-corrected chi connectivity index (χ3v) is 4.94. The smallest absolute Gasteiger partial charge is 0.311 e. The third-order valence-electron chi connectivity index (χ3n) is 4.94. The highest BCUT2D eigenvalue weighted by atomic mass is 16.5. The Bertz CT molecular complexity index is 512. The minimum atomic E-state index is -0.141. The number of benzene rings is 1. The van der Waals surface area contributed by atoms with Gasteiger partial charge in [-0.25, -0.2) is 0 Å². The maximum absolute atomic E-state index is 11.9. The second-order valence-electron chi connectivity index (χ2n) is 7.41. The molecule has 22 heavy (non-hydrogen) atoms. The molecule has 0 saturated carbocycles. The molecule has 0 N–H and O–H groups in total. The maximum Gasteiger partial charge on any atom is 0.311 e. The zero-order chi connectivity index (χ0) is 17.0. The largest absolute Gasteiger partial charge is 0.426 e. The zero-order valence-electron chi connectivity index (χ0n) is 15.4. The lowest BCUT2D eigenvalue weighted by Crippen LogP contribution is -2.22. The Kier molecular flexibility index (Phi) is 6.22. The summed E-state index contributed by atoms with van der Waals surface area (Å²) >= 11 is 0. The first kappa shape index (κ1) is 18.7. The van der Waals surface area contributed by atoms with E-state index in [0.29, 0.717) is 6.42 Å². The Morgan fingerprint density at radius 1 is 1.00 bits per heavy atom. The fraction of sp³-hybridized carbons (Fsp3) is 0.650. The number of carbonyl (C=O) groups is 1. The van der Waals surface area contributed by atoms with Gasteiger partial charge in [-0.3, -0.25) is 4.79 Å². The molecular weight excluding hydrogens is 272 g/mol. The molecule has 0 unspecified atom stereocenters. The van der Waals surface area contributed by atoms with Crippen molar-refractivity contribution in [3.63, 3.8) is 0 Å². The van der Waals surface area contributed by atoms with E-state index in [1.165, 1.54) is 5.56 Å². The molecule has 0 aliphatic heterocycles. The van der Waals surface area contributed by atoms with Crippen LogP contribution in [0.5, 0.6) is 5.75 Å². The van der Waals surface area contributed by atoms with E-state index in [9.17, 15) is 4.79 Å². The lowest BCUT2D eigenvalue weighted by Gasteiger charge is -2.30. The van der Waals surface area contributed by atoms with Crippen LogP contribution in [-0.2, 0) is 15.6 Å². The lowest BCUT2D eigenvalue weighted by molar-refractivity contribution is -0.134. The summed E-state index contributed by atoms with van der Waals surface area (Å²) in [6.07, 6.45) is 3.36. The van der Waals surface area contributed by atoms with Crippen molar-refractivity contribution in [1.29, 1.82) is 0 Å². The molecule has 0 fully saturated rings. The van der Waals surface area contributed by atoms with Gasteiger partial charge >= 0.3 is 5.97 Å². The monoisotopic (exact) mass is 304 g/mol. The van der Waals surface area contributed by atoms with Gasteiger partial charge in [-0.05, 0) is 41.7 Å². The van der Waals surface area contributed by atoms with Gasteiger partial charge in [0.1, 0.15) is 5.75 Å². The number of hydrogen-bond acceptors (Lipinski definition) is 2. The van der Waals surface area contributed by atoms with Gasteiger partial charge in [0.25, 0.3) is 0 Å². The Morgan fingerprint density at radius 2 is 1.59 bits per heavy atom. The molecule has 0 saturated heterocycles. The van der Waals surface area contributed by atoms with E-state index in [1.807, 2.05) is 13.0 Å². The van der Waals surface area contributed by atoms with Gasteiger partial charge in [0.15, 0.2) is 0 Å². The number of hydrogen-bond donors (Lipinski definition) is 0. The highest BCUT2D eigenvalue weighted by Gasteiger charge is 2.27. The summed E-state index contributed by atoms with van der Waals surface area (Å²) in [4.78, 5) is 11.9. The highest BCUT2D eigenvalue weighted by Crippen LogP contribution is 2.38. The van der Waals surface area contributed by atoms with Crippen molar-refractivity contribution < 1.29 is 9.53 Å². The van der Waals surface area contributed by atoms with Crippen LogP contribution in [0.15, 0.2) is 18.2 Å². The Hall–Kier alpha value is -1.31. The summed E-state index contributed by atoms with van der Waals surface area (Å²) in [6, 6.07) is 6.32. The van der Waals surface area contributed by atoms with Crippen molar-refractivity contribution in [3.05, 3.63) is 29.3 Å². The molecule has 0 heterocycles. The van der Waals surface area contributed by atoms with Gasteiger partial charge in [0.2, 0.25) is 0 Å². The molecule has 1 aromatic carbocycles. The molecule has 2 nitrogen and oxygen atoms in total. The summed E-state index contributed by atoms with van der Waals surface area (Å²) in [7, 11) is 0. The van der Waals surface area contributed by atoms with Crippen LogP contribution in [0, 0.1) is 0 Å². The number of esters is 1. The van der Waals surface area contributed by atoms with Crippen LogP contribution in [0.1, 0.15) is 85.3 Å². The second-order valence-corrected chi connectivity index (χ2v) is 7.41. The van der Waals surface area contributed by atoms with Crippen LogP contribution in [0.2, 0.25) is 0 Å². The summed E-state index contributed by atoms with van der Waals surface area (Å²) in [5.74, 6) is 0.583. The normalized spacial score (nSPS) is 12.3. The van der Waals surface area contributed by atoms with E-state index in [0.717, 1.165) is 30.6 Å². The molecule has 0 radical (unpaired) electrons. The quantitative estimate of drug-likeness (QED) is 0.472. The SMILES string of the molecule is CCCC(=O)Oc1ccc(C(C)(C)CC)cc1C(C)(C)CC. The molecule has 0 spiro atoms. The first-order valence-corrected chi connectivity index (χ1v) is 8.53. The zero-order valence-corrected chi connectivity index (χ0v) is 15.4. The molecule has 0 aliphatic rings. The topological polar surface area (TPSA) is 26.3 Å². The minimum Gasteiger partial charge on any atom is -0.426 e. The van der Waals surface area contributed by atoms with Crippen molar-refractivity contribution in [2.24, 2.45) is 0 Å². The van der Waals surface area contributed by atoms with Crippen LogP contribution in [0.3, 0.4) is 0 Å². The molecule has 0 amide bonds. The van der Waals surface area contributed by atoms with E-state index >= 15 is 0 Å². The molecule has 0 aliphatic carbocycles. The average Bonchev–Trinajstić information content (AvgIpc) is 2.47. The Labute approximate surface area is 136 Å². The van der Waals surface area contributed by atoms with E-state index < -0.39 is 0 Å². The first-order chi connectivity index (χ1) is 10.2. The van der Waals surface area contributed by atoms with Crippen LogP contribution < -0.4 is 4.74 Å². The minimum absolute atomic E-state index is 0.0122. The van der Waals surface area contributed by atoms with Crippen LogP contribution in [0.25, 0.3) is 0 Å². The van der Waals surface area contributed by atoms with E-state index in [1.54, 1.807) is 0 Å². The number of carbonyl (C=O) groups excluding carboxylic acids is 1. The van der Waals surface area contributed by atoms with Crippen molar-refractivity contribution in [2.75, 3.05) is 0 Å².